The zero-order chi connectivity index (χ0) is 27.6. The van der Waals surface area contributed by atoms with E-state index in [1.807, 2.05) is 30.3 Å². The predicted molar refractivity (Wildman–Crippen MR) is 149 cm³/mol. The summed E-state index contributed by atoms with van der Waals surface area (Å²) in [6.07, 6.45) is 16.3. The Morgan fingerprint density at radius 2 is 1.45 bits per heavy atom. The van der Waals surface area contributed by atoms with Gasteiger partial charge in [0.05, 0.1) is 5.92 Å². The number of carboxylic acid groups (broad SMARTS) is 1. The van der Waals surface area contributed by atoms with Crippen LogP contribution in [0.3, 0.4) is 0 Å². The van der Waals surface area contributed by atoms with Crippen molar-refractivity contribution in [2.24, 2.45) is 17.8 Å². The molecule has 1 aliphatic heterocycles. The molecule has 1 aromatic carbocycles. The molecule has 0 spiro atoms. The van der Waals surface area contributed by atoms with E-state index < -0.39 is 23.8 Å². The van der Waals surface area contributed by atoms with Crippen LogP contribution in [-0.2, 0) is 30.5 Å². The maximum atomic E-state index is 13.0. The number of esters is 2. The molecule has 0 aromatic heterocycles. The number of ether oxygens (including phenoxy) is 2. The zero-order valence-electron chi connectivity index (χ0n) is 23.7. The number of carbonyl (C=O) groups excluding carboxylic acids is 2. The average molecular weight is 531 g/mol. The molecule has 38 heavy (non-hydrogen) atoms. The fraction of sp³-hybridized carbons (Fsp3) is 0.719. The van der Waals surface area contributed by atoms with Crippen LogP contribution in [0, 0.1) is 17.8 Å². The van der Waals surface area contributed by atoms with Crippen molar-refractivity contribution < 1.29 is 29.0 Å². The van der Waals surface area contributed by atoms with Crippen molar-refractivity contribution in [1.82, 2.24) is 0 Å². The Hall–Kier alpha value is -2.37. The number of hydrogen-bond donors (Lipinski definition) is 1. The first-order valence-electron chi connectivity index (χ1n) is 15.1. The predicted octanol–water partition coefficient (Wildman–Crippen LogP) is 7.87. The maximum absolute atomic E-state index is 13.0. The van der Waals surface area contributed by atoms with Crippen LogP contribution in [0.1, 0.15) is 122 Å². The van der Waals surface area contributed by atoms with E-state index in [0.29, 0.717) is 12.8 Å². The Labute approximate surface area is 229 Å². The van der Waals surface area contributed by atoms with Gasteiger partial charge in [-0.1, -0.05) is 128 Å². The number of rotatable bonds is 22. The van der Waals surface area contributed by atoms with Crippen molar-refractivity contribution >= 4 is 17.9 Å². The second kappa shape index (κ2) is 18.8. The molecule has 0 amide bonds. The lowest BCUT2D eigenvalue weighted by Crippen LogP contribution is -2.47. The van der Waals surface area contributed by atoms with Gasteiger partial charge in [0.15, 0.2) is 5.92 Å². The molecule has 1 heterocycles. The highest BCUT2D eigenvalue weighted by Gasteiger charge is 2.46. The number of carboxylic acids is 1. The number of carbonyl (C=O) groups is 3. The number of benzene rings is 1. The summed E-state index contributed by atoms with van der Waals surface area (Å²) in [5.41, 5.74) is 0.820. The Kier molecular flexibility index (Phi) is 15.8. The third kappa shape index (κ3) is 11.6. The minimum atomic E-state index is -1.26. The van der Waals surface area contributed by atoms with Gasteiger partial charge in [0.2, 0.25) is 0 Å². The van der Waals surface area contributed by atoms with Gasteiger partial charge in [-0.2, -0.15) is 0 Å². The first kappa shape index (κ1) is 31.8. The largest absolute Gasteiger partial charge is 0.481 e. The van der Waals surface area contributed by atoms with Gasteiger partial charge in [-0.3, -0.25) is 14.4 Å². The van der Waals surface area contributed by atoms with E-state index in [1.54, 1.807) is 0 Å². The molecule has 1 N–H and O–H groups in total. The average Bonchev–Trinajstić information content (AvgIpc) is 2.90. The summed E-state index contributed by atoms with van der Waals surface area (Å²) in [4.78, 5) is 37.5. The molecule has 2 rings (SSSR count). The molecule has 1 aromatic rings. The monoisotopic (exact) mass is 530 g/mol. The molecule has 0 saturated carbocycles. The molecule has 1 fully saturated rings. The Morgan fingerprint density at radius 1 is 0.868 bits per heavy atom. The Morgan fingerprint density at radius 3 is 2.03 bits per heavy atom. The fourth-order valence-electron chi connectivity index (χ4n) is 5.45. The van der Waals surface area contributed by atoms with Crippen molar-refractivity contribution in [2.75, 3.05) is 0 Å². The summed E-state index contributed by atoms with van der Waals surface area (Å²) in [6, 6.07) is 9.29. The van der Waals surface area contributed by atoms with Gasteiger partial charge in [0.1, 0.15) is 12.7 Å². The molecule has 214 valence electrons. The lowest BCUT2D eigenvalue weighted by Gasteiger charge is -2.38. The van der Waals surface area contributed by atoms with Crippen LogP contribution in [0.5, 0.6) is 0 Å². The summed E-state index contributed by atoms with van der Waals surface area (Å²) >= 11 is 0. The van der Waals surface area contributed by atoms with Crippen molar-refractivity contribution in [3.63, 3.8) is 0 Å². The topological polar surface area (TPSA) is 89.9 Å². The van der Waals surface area contributed by atoms with E-state index in [0.717, 1.165) is 56.9 Å². The first-order chi connectivity index (χ1) is 18.5. The molecule has 1 unspecified atom stereocenters. The fourth-order valence-corrected chi connectivity index (χ4v) is 5.45. The standard InChI is InChI=1S/C32H50O6/c1-3-5-7-9-10-11-12-13-17-21-26(23-28-27(31(35)38-28)22-18-8-6-4-2)29(30(33)34)32(36)37-24-25-19-15-14-16-20-25/h14-16,19-20,26-29H,3-13,17-18,21-24H2,1-2H3,(H,33,34)/t26?,27-,28-,29-/m0/s1. The number of cyclic esters (lactones) is 1. The lowest BCUT2D eigenvalue weighted by atomic mass is 9.78. The van der Waals surface area contributed by atoms with Gasteiger partial charge in [-0.15, -0.1) is 0 Å². The molecule has 1 saturated heterocycles. The third-order valence-electron chi connectivity index (χ3n) is 7.82. The van der Waals surface area contributed by atoms with Crippen molar-refractivity contribution in [3.8, 4) is 0 Å². The van der Waals surface area contributed by atoms with E-state index in [-0.39, 0.29) is 24.6 Å². The van der Waals surface area contributed by atoms with Crippen molar-refractivity contribution in [2.45, 2.75) is 129 Å². The highest BCUT2D eigenvalue weighted by Crippen LogP contribution is 2.36. The third-order valence-corrected chi connectivity index (χ3v) is 7.82. The second-order valence-corrected chi connectivity index (χ2v) is 11.0. The van der Waals surface area contributed by atoms with E-state index in [1.165, 1.54) is 38.5 Å². The normalized spacial score (nSPS) is 18.3. The van der Waals surface area contributed by atoms with Gasteiger partial charge in [-0.25, -0.2) is 0 Å². The second-order valence-electron chi connectivity index (χ2n) is 11.0. The van der Waals surface area contributed by atoms with Crippen LogP contribution >= 0.6 is 0 Å². The SMILES string of the molecule is CCCCCCCCCCCC(C[C@@H]1OC(=O)[C@H]1CCCCCC)[C@@H](C(=O)O)C(=O)OCc1ccccc1. The molecule has 4 atom stereocenters. The molecular weight excluding hydrogens is 480 g/mol. The van der Waals surface area contributed by atoms with Crippen molar-refractivity contribution in [3.05, 3.63) is 35.9 Å². The zero-order valence-corrected chi connectivity index (χ0v) is 23.7. The maximum Gasteiger partial charge on any atom is 0.320 e. The molecule has 6 nitrogen and oxygen atoms in total. The van der Waals surface area contributed by atoms with Gasteiger partial charge < -0.3 is 14.6 Å². The van der Waals surface area contributed by atoms with Gasteiger partial charge in [-0.05, 0) is 30.7 Å². The van der Waals surface area contributed by atoms with Crippen molar-refractivity contribution in [1.29, 1.82) is 0 Å². The van der Waals surface area contributed by atoms with E-state index >= 15 is 0 Å². The summed E-state index contributed by atoms with van der Waals surface area (Å²) < 4.78 is 11.0. The molecule has 6 heteroatoms. The van der Waals surface area contributed by atoms with E-state index in [9.17, 15) is 19.5 Å². The molecule has 0 aliphatic carbocycles. The Bertz CT molecular complexity index is 807. The van der Waals surface area contributed by atoms with Crippen LogP contribution < -0.4 is 0 Å². The number of hydrogen-bond acceptors (Lipinski definition) is 5. The molecule has 0 bridgehead atoms. The van der Waals surface area contributed by atoms with E-state index in [2.05, 4.69) is 13.8 Å². The highest BCUT2D eigenvalue weighted by atomic mass is 16.6. The highest BCUT2D eigenvalue weighted by molar-refractivity contribution is 5.94. The molecular formula is C32H50O6. The van der Waals surface area contributed by atoms with Crippen LogP contribution in [0.15, 0.2) is 30.3 Å². The van der Waals surface area contributed by atoms with Crippen LogP contribution in [0.25, 0.3) is 0 Å². The smallest absolute Gasteiger partial charge is 0.320 e. The van der Waals surface area contributed by atoms with Gasteiger partial charge >= 0.3 is 17.9 Å². The minimum absolute atomic E-state index is 0.0483. The number of unbranched alkanes of at least 4 members (excludes halogenated alkanes) is 11. The van der Waals surface area contributed by atoms with Gasteiger partial charge in [0, 0.05) is 0 Å². The first-order valence-corrected chi connectivity index (χ1v) is 15.1. The van der Waals surface area contributed by atoms with Crippen LogP contribution in [0.2, 0.25) is 0 Å². The van der Waals surface area contributed by atoms with Crippen LogP contribution in [0.4, 0.5) is 0 Å². The Balaban J connectivity index is 1.96. The minimum Gasteiger partial charge on any atom is -0.481 e. The molecule has 0 radical (unpaired) electrons. The lowest BCUT2D eigenvalue weighted by molar-refractivity contribution is -0.188. The summed E-state index contributed by atoms with van der Waals surface area (Å²) in [7, 11) is 0. The summed E-state index contributed by atoms with van der Waals surface area (Å²) in [6.45, 7) is 4.42. The summed E-state index contributed by atoms with van der Waals surface area (Å²) in [5.74, 6) is -3.91. The number of aliphatic carboxylic acids is 1. The summed E-state index contributed by atoms with van der Waals surface area (Å²) in [5, 5.41) is 10.1. The molecule has 1 aliphatic rings. The van der Waals surface area contributed by atoms with Crippen LogP contribution in [-0.4, -0.2) is 29.1 Å². The van der Waals surface area contributed by atoms with E-state index in [4.69, 9.17) is 9.47 Å². The quantitative estimate of drug-likeness (QED) is 0.0932. The van der Waals surface area contributed by atoms with Gasteiger partial charge in [0.25, 0.3) is 0 Å².